The van der Waals surface area contributed by atoms with Gasteiger partial charge >= 0.3 is 0 Å². The van der Waals surface area contributed by atoms with Gasteiger partial charge in [0.2, 0.25) is 15.9 Å². The summed E-state index contributed by atoms with van der Waals surface area (Å²) in [4.78, 5) is 14.5. The molecule has 1 aliphatic carbocycles. The first kappa shape index (κ1) is 21.5. The maximum absolute atomic E-state index is 12.3. The standard InChI is InChI=1S/C20H33N3O3S/c1-4-22(5-2)18-11-13-19(14-12-18)23(27(3,25)26)16-15-20(24)21-17-9-7-6-8-10-17/h11-14,17H,4-10,15-16H2,1-3H3,(H,21,24). The zero-order valence-corrected chi connectivity index (χ0v) is 17.6. The second-order valence-electron chi connectivity index (χ2n) is 7.18. The van der Waals surface area contributed by atoms with E-state index in [2.05, 4.69) is 24.1 Å². The molecule has 7 heteroatoms. The number of carbonyl (C=O) groups is 1. The molecule has 1 aromatic carbocycles. The Hall–Kier alpha value is -1.76. The van der Waals surface area contributed by atoms with Crippen LogP contribution in [-0.2, 0) is 14.8 Å². The molecule has 0 bridgehead atoms. The first-order chi connectivity index (χ1) is 12.8. The van der Waals surface area contributed by atoms with E-state index in [0.717, 1.165) is 44.5 Å². The van der Waals surface area contributed by atoms with Gasteiger partial charge in [0.25, 0.3) is 0 Å². The molecule has 27 heavy (non-hydrogen) atoms. The molecule has 6 nitrogen and oxygen atoms in total. The monoisotopic (exact) mass is 395 g/mol. The summed E-state index contributed by atoms with van der Waals surface area (Å²) >= 11 is 0. The van der Waals surface area contributed by atoms with Crippen molar-refractivity contribution in [2.45, 2.75) is 58.4 Å². The highest BCUT2D eigenvalue weighted by molar-refractivity contribution is 7.92. The van der Waals surface area contributed by atoms with E-state index in [0.29, 0.717) is 5.69 Å². The third-order valence-corrected chi connectivity index (χ3v) is 6.37. The third-order valence-electron chi connectivity index (χ3n) is 5.18. The maximum Gasteiger partial charge on any atom is 0.232 e. The van der Waals surface area contributed by atoms with E-state index in [-0.39, 0.29) is 24.9 Å². The van der Waals surface area contributed by atoms with Crippen molar-refractivity contribution in [2.24, 2.45) is 0 Å². The SMILES string of the molecule is CCN(CC)c1ccc(N(CCC(=O)NC2CCCCC2)S(C)(=O)=O)cc1. The van der Waals surface area contributed by atoms with Crippen molar-refractivity contribution in [2.75, 3.05) is 35.1 Å². The van der Waals surface area contributed by atoms with Crippen molar-refractivity contribution in [1.29, 1.82) is 0 Å². The number of amides is 1. The van der Waals surface area contributed by atoms with Gasteiger partial charge in [0.15, 0.2) is 0 Å². The van der Waals surface area contributed by atoms with Crippen molar-refractivity contribution >= 4 is 27.3 Å². The lowest BCUT2D eigenvalue weighted by molar-refractivity contribution is -0.121. The molecule has 1 amide bonds. The molecule has 0 unspecified atom stereocenters. The van der Waals surface area contributed by atoms with E-state index < -0.39 is 10.0 Å². The Labute approximate surface area is 164 Å². The highest BCUT2D eigenvalue weighted by Crippen LogP contribution is 2.23. The third kappa shape index (κ3) is 6.41. The van der Waals surface area contributed by atoms with Crippen LogP contribution in [0, 0.1) is 0 Å². The molecule has 1 N–H and O–H groups in total. The number of hydrogen-bond acceptors (Lipinski definition) is 4. The van der Waals surface area contributed by atoms with Gasteiger partial charge in [-0.2, -0.15) is 0 Å². The van der Waals surface area contributed by atoms with E-state index in [1.165, 1.54) is 17.0 Å². The molecular formula is C20H33N3O3S. The lowest BCUT2D eigenvalue weighted by atomic mass is 9.95. The number of nitrogens with one attached hydrogen (secondary N) is 1. The van der Waals surface area contributed by atoms with Crippen molar-refractivity contribution in [3.63, 3.8) is 0 Å². The second-order valence-corrected chi connectivity index (χ2v) is 9.08. The molecule has 0 radical (unpaired) electrons. The molecule has 0 heterocycles. The summed E-state index contributed by atoms with van der Waals surface area (Å²) in [6.45, 7) is 6.12. The fourth-order valence-electron chi connectivity index (χ4n) is 3.65. The van der Waals surface area contributed by atoms with Gasteiger partial charge in [-0.1, -0.05) is 19.3 Å². The van der Waals surface area contributed by atoms with Crippen LogP contribution in [0.15, 0.2) is 24.3 Å². The molecule has 0 aliphatic heterocycles. The molecule has 1 fully saturated rings. The number of hydrogen-bond donors (Lipinski definition) is 1. The first-order valence-corrected chi connectivity index (χ1v) is 11.8. The minimum absolute atomic E-state index is 0.0738. The zero-order chi connectivity index (χ0) is 19.9. The number of rotatable bonds is 9. The molecule has 0 aromatic heterocycles. The van der Waals surface area contributed by atoms with Crippen LogP contribution >= 0.6 is 0 Å². The van der Waals surface area contributed by atoms with E-state index >= 15 is 0 Å². The molecular weight excluding hydrogens is 362 g/mol. The van der Waals surface area contributed by atoms with Gasteiger partial charge < -0.3 is 10.2 Å². The highest BCUT2D eigenvalue weighted by Gasteiger charge is 2.20. The summed E-state index contributed by atoms with van der Waals surface area (Å²) in [6, 6.07) is 7.73. The smallest absolute Gasteiger partial charge is 0.232 e. The number of anilines is 2. The summed E-state index contributed by atoms with van der Waals surface area (Å²) in [5, 5.41) is 3.05. The van der Waals surface area contributed by atoms with Gasteiger partial charge in [-0.25, -0.2) is 8.42 Å². The molecule has 0 atom stereocenters. The van der Waals surface area contributed by atoms with Crippen LogP contribution in [0.25, 0.3) is 0 Å². The van der Waals surface area contributed by atoms with Crippen LogP contribution < -0.4 is 14.5 Å². The van der Waals surface area contributed by atoms with Gasteiger partial charge in [-0.05, 0) is 51.0 Å². The number of nitrogens with zero attached hydrogens (tertiary/aromatic N) is 2. The van der Waals surface area contributed by atoms with Crippen molar-refractivity contribution in [3.8, 4) is 0 Å². The molecule has 1 saturated carbocycles. The van der Waals surface area contributed by atoms with Gasteiger partial charge in [-0.3, -0.25) is 9.10 Å². The molecule has 152 valence electrons. The average molecular weight is 396 g/mol. The van der Waals surface area contributed by atoms with Crippen LogP contribution in [0.4, 0.5) is 11.4 Å². The van der Waals surface area contributed by atoms with Crippen molar-refractivity contribution in [1.82, 2.24) is 5.32 Å². The summed E-state index contributed by atoms with van der Waals surface area (Å²) < 4.78 is 25.8. The van der Waals surface area contributed by atoms with Crippen LogP contribution in [0.2, 0.25) is 0 Å². The average Bonchev–Trinajstić information content (AvgIpc) is 2.64. The Kier molecular flexibility index (Phi) is 7.95. The van der Waals surface area contributed by atoms with Crippen LogP contribution in [-0.4, -0.2) is 46.3 Å². The quantitative estimate of drug-likeness (QED) is 0.697. The highest BCUT2D eigenvalue weighted by atomic mass is 32.2. The Balaban J connectivity index is 2.01. The fourth-order valence-corrected chi connectivity index (χ4v) is 4.58. The number of benzene rings is 1. The minimum Gasteiger partial charge on any atom is -0.372 e. The minimum atomic E-state index is -3.45. The Morgan fingerprint density at radius 2 is 1.59 bits per heavy atom. The Morgan fingerprint density at radius 1 is 1.04 bits per heavy atom. The maximum atomic E-state index is 12.3. The Morgan fingerprint density at radius 3 is 2.11 bits per heavy atom. The molecule has 1 aromatic rings. The molecule has 1 aliphatic rings. The lowest BCUT2D eigenvalue weighted by Gasteiger charge is -2.26. The Bertz CT molecular complexity index is 694. The van der Waals surface area contributed by atoms with Gasteiger partial charge in [0.05, 0.1) is 11.9 Å². The fraction of sp³-hybridized carbons (Fsp3) is 0.650. The summed E-state index contributed by atoms with van der Waals surface area (Å²) in [6.07, 6.45) is 6.94. The van der Waals surface area contributed by atoms with E-state index in [4.69, 9.17) is 0 Å². The topological polar surface area (TPSA) is 69.7 Å². The predicted octanol–water partition coefficient (Wildman–Crippen LogP) is 3.14. The van der Waals surface area contributed by atoms with Crippen molar-refractivity contribution < 1.29 is 13.2 Å². The molecule has 2 rings (SSSR count). The van der Waals surface area contributed by atoms with Gasteiger partial charge in [-0.15, -0.1) is 0 Å². The summed E-state index contributed by atoms with van der Waals surface area (Å²) in [5.74, 6) is -0.0738. The van der Waals surface area contributed by atoms with E-state index in [1.807, 2.05) is 24.3 Å². The zero-order valence-electron chi connectivity index (χ0n) is 16.8. The molecule has 0 saturated heterocycles. The second kappa shape index (κ2) is 9.97. The first-order valence-electron chi connectivity index (χ1n) is 9.97. The van der Waals surface area contributed by atoms with Crippen LogP contribution in [0.1, 0.15) is 52.4 Å². The van der Waals surface area contributed by atoms with E-state index in [1.54, 1.807) is 0 Å². The number of carbonyl (C=O) groups excluding carboxylic acids is 1. The largest absolute Gasteiger partial charge is 0.372 e. The van der Waals surface area contributed by atoms with Crippen molar-refractivity contribution in [3.05, 3.63) is 24.3 Å². The van der Waals surface area contributed by atoms with Crippen LogP contribution in [0.3, 0.4) is 0 Å². The van der Waals surface area contributed by atoms with Gasteiger partial charge in [0.1, 0.15) is 0 Å². The molecule has 0 spiro atoms. The normalized spacial score (nSPS) is 15.4. The van der Waals surface area contributed by atoms with Gasteiger partial charge in [0, 0.05) is 37.8 Å². The predicted molar refractivity (Wildman–Crippen MR) is 112 cm³/mol. The summed E-state index contributed by atoms with van der Waals surface area (Å²) in [5.41, 5.74) is 1.66. The van der Waals surface area contributed by atoms with E-state index in [9.17, 15) is 13.2 Å². The summed E-state index contributed by atoms with van der Waals surface area (Å²) in [7, 11) is -3.45. The lowest BCUT2D eigenvalue weighted by Crippen LogP contribution is -2.39. The number of sulfonamides is 1. The van der Waals surface area contributed by atoms with Crippen LogP contribution in [0.5, 0.6) is 0 Å².